The first kappa shape index (κ1) is 20.7. The third-order valence-corrected chi connectivity index (χ3v) is 5.60. The molecule has 0 aliphatic heterocycles. The summed E-state index contributed by atoms with van der Waals surface area (Å²) in [6, 6.07) is 0. The summed E-state index contributed by atoms with van der Waals surface area (Å²) >= 11 is 0. The van der Waals surface area contributed by atoms with E-state index in [4.69, 9.17) is 0 Å². The maximum absolute atomic E-state index is 12.0. The number of carbonyl (C=O) groups is 1. The van der Waals surface area contributed by atoms with Gasteiger partial charge in [-0.1, -0.05) is 54.4 Å². The summed E-state index contributed by atoms with van der Waals surface area (Å²) in [5.74, 6) is -0.0911. The second-order valence-corrected chi connectivity index (χ2v) is 5.47. The molecule has 116 valence electrons. The highest BCUT2D eigenvalue weighted by molar-refractivity contribution is 5.75. The largest absolute Gasteiger partial charge is 0.481 e. The van der Waals surface area contributed by atoms with Gasteiger partial charge in [0.15, 0.2) is 0 Å². The zero-order valence-electron chi connectivity index (χ0n) is 13.9. The van der Waals surface area contributed by atoms with E-state index in [-0.39, 0.29) is 11.6 Å². The molecule has 19 heavy (non-hydrogen) atoms. The second-order valence-electron chi connectivity index (χ2n) is 5.47. The quantitative estimate of drug-likeness (QED) is 0.600. The minimum atomic E-state index is -0.594. The van der Waals surface area contributed by atoms with Crippen molar-refractivity contribution in [1.29, 1.82) is 0 Å². The first-order chi connectivity index (χ1) is 8.46. The highest BCUT2D eigenvalue weighted by Gasteiger charge is 2.54. The van der Waals surface area contributed by atoms with Crippen LogP contribution in [0.4, 0.5) is 0 Å². The highest BCUT2D eigenvalue weighted by atomic mass is 16.4. The molecule has 3 nitrogen and oxygen atoms in total. The second kappa shape index (κ2) is 8.57. The fraction of sp³-hybridized carbons (Fsp3) is 0.938. The smallest absolute Gasteiger partial charge is 0.310 e. The van der Waals surface area contributed by atoms with Gasteiger partial charge in [-0.05, 0) is 37.0 Å². The molecule has 0 amide bonds. The molecule has 0 aromatic rings. The Kier molecular flexibility index (Phi) is 9.36. The molecule has 0 aromatic carbocycles. The van der Waals surface area contributed by atoms with E-state index < -0.39 is 11.4 Å². The first-order valence-corrected chi connectivity index (χ1v) is 7.69. The van der Waals surface area contributed by atoms with E-state index in [1.165, 1.54) is 0 Å². The molecule has 0 rings (SSSR count). The van der Waals surface area contributed by atoms with Crippen LogP contribution in [0.15, 0.2) is 0 Å². The van der Waals surface area contributed by atoms with Gasteiger partial charge in [-0.15, -0.1) is 0 Å². The summed E-state index contributed by atoms with van der Waals surface area (Å²) in [5, 5.41) is 9.86. The Labute approximate surface area is 119 Å². The van der Waals surface area contributed by atoms with E-state index in [9.17, 15) is 9.90 Å². The van der Waals surface area contributed by atoms with Crippen molar-refractivity contribution in [3.8, 4) is 0 Å². The lowest BCUT2D eigenvalue weighted by Gasteiger charge is -2.51. The first-order valence-electron chi connectivity index (χ1n) is 7.69. The average Bonchev–Trinajstić information content (AvgIpc) is 2.39. The van der Waals surface area contributed by atoms with Crippen LogP contribution in [0.25, 0.3) is 0 Å². The van der Waals surface area contributed by atoms with Crippen molar-refractivity contribution in [2.24, 2.45) is 16.7 Å². The van der Waals surface area contributed by atoms with Crippen LogP contribution in [0.1, 0.15) is 80.1 Å². The summed E-state index contributed by atoms with van der Waals surface area (Å²) in [6.07, 6.45) is 5.54. The van der Waals surface area contributed by atoms with E-state index in [2.05, 4.69) is 27.7 Å². The number of hydrogen-bond donors (Lipinski definition) is 2. The van der Waals surface area contributed by atoms with Crippen LogP contribution >= 0.6 is 0 Å². The number of carboxylic acid groups (broad SMARTS) is 1. The monoisotopic (exact) mass is 273 g/mol. The number of carboxylic acids is 1. The number of aliphatic carboxylic acids is 1. The van der Waals surface area contributed by atoms with Crippen molar-refractivity contribution in [2.75, 3.05) is 0 Å². The van der Waals surface area contributed by atoms with Gasteiger partial charge in [-0.3, -0.25) is 4.79 Å². The van der Waals surface area contributed by atoms with E-state index in [0.717, 1.165) is 38.5 Å². The normalized spacial score (nSPS) is 12.4. The van der Waals surface area contributed by atoms with Crippen LogP contribution in [-0.4, -0.2) is 11.1 Å². The van der Waals surface area contributed by atoms with Crippen LogP contribution in [0.5, 0.6) is 0 Å². The molecule has 0 radical (unpaired) electrons. The minimum absolute atomic E-state index is 0. The Morgan fingerprint density at radius 3 is 1.42 bits per heavy atom. The molecular weight excluding hydrogens is 238 g/mol. The SMILES string of the molecule is CCC(CC)C(CC)(CC)C(CC)(CC)C(=O)O.N. The van der Waals surface area contributed by atoms with E-state index in [0.29, 0.717) is 5.92 Å². The third kappa shape index (κ3) is 3.13. The summed E-state index contributed by atoms with van der Waals surface area (Å²) in [4.78, 5) is 12.0. The maximum atomic E-state index is 12.0. The van der Waals surface area contributed by atoms with Gasteiger partial charge in [-0.2, -0.15) is 0 Å². The molecule has 3 heteroatoms. The molecule has 0 fully saturated rings. The molecule has 0 saturated heterocycles. The lowest BCUT2D eigenvalue weighted by molar-refractivity contribution is -0.166. The van der Waals surface area contributed by atoms with Crippen LogP contribution in [0, 0.1) is 16.7 Å². The van der Waals surface area contributed by atoms with Crippen molar-refractivity contribution in [3.05, 3.63) is 0 Å². The van der Waals surface area contributed by atoms with Gasteiger partial charge < -0.3 is 11.3 Å². The molecule has 0 spiro atoms. The van der Waals surface area contributed by atoms with Crippen molar-refractivity contribution >= 4 is 5.97 Å². The van der Waals surface area contributed by atoms with Gasteiger partial charge in [0.1, 0.15) is 0 Å². The van der Waals surface area contributed by atoms with E-state index in [1.807, 2.05) is 13.8 Å². The molecule has 0 aliphatic rings. The van der Waals surface area contributed by atoms with Gasteiger partial charge in [0.2, 0.25) is 0 Å². The third-order valence-electron chi connectivity index (χ3n) is 5.60. The summed E-state index contributed by atoms with van der Waals surface area (Å²) in [6.45, 7) is 12.8. The molecule has 0 aromatic heterocycles. The van der Waals surface area contributed by atoms with Crippen molar-refractivity contribution in [1.82, 2.24) is 6.15 Å². The molecule has 0 saturated carbocycles. The highest BCUT2D eigenvalue weighted by Crippen LogP contribution is 2.56. The molecular formula is C16H35NO2. The summed E-state index contributed by atoms with van der Waals surface area (Å²) in [7, 11) is 0. The lowest BCUT2D eigenvalue weighted by Crippen LogP contribution is -2.51. The fourth-order valence-corrected chi connectivity index (χ4v) is 4.43. The van der Waals surface area contributed by atoms with E-state index >= 15 is 0 Å². The molecule has 4 N–H and O–H groups in total. The lowest BCUT2D eigenvalue weighted by atomic mass is 9.51. The summed E-state index contributed by atoms with van der Waals surface area (Å²) in [5.41, 5.74) is -0.626. The van der Waals surface area contributed by atoms with Crippen molar-refractivity contribution in [2.45, 2.75) is 80.1 Å². The Bertz CT molecular complexity index is 251. The van der Waals surface area contributed by atoms with Crippen LogP contribution < -0.4 is 6.15 Å². The Balaban J connectivity index is 0. The number of hydrogen-bond acceptors (Lipinski definition) is 2. The van der Waals surface area contributed by atoms with Gasteiger partial charge in [0, 0.05) is 0 Å². The fourth-order valence-electron chi connectivity index (χ4n) is 4.43. The Hall–Kier alpha value is -0.570. The van der Waals surface area contributed by atoms with Crippen LogP contribution in [-0.2, 0) is 4.79 Å². The van der Waals surface area contributed by atoms with Crippen LogP contribution in [0.2, 0.25) is 0 Å². The zero-order chi connectivity index (χ0) is 14.4. The standard InChI is InChI=1S/C16H32O2.H3N/c1-7-13(8-2)15(9-3,10-4)16(11-5,12-6)14(17)18;/h13H,7-12H2,1-6H3,(H,17,18);1H3. The van der Waals surface area contributed by atoms with E-state index in [1.54, 1.807) is 0 Å². The topological polar surface area (TPSA) is 72.3 Å². The maximum Gasteiger partial charge on any atom is 0.310 e. The Morgan fingerprint density at radius 1 is 0.895 bits per heavy atom. The molecule has 0 atom stereocenters. The van der Waals surface area contributed by atoms with Gasteiger partial charge in [0.05, 0.1) is 5.41 Å². The molecule has 0 unspecified atom stereocenters. The summed E-state index contributed by atoms with van der Waals surface area (Å²) < 4.78 is 0. The Morgan fingerprint density at radius 2 is 1.26 bits per heavy atom. The molecule has 0 heterocycles. The van der Waals surface area contributed by atoms with Crippen LogP contribution in [0.3, 0.4) is 0 Å². The number of rotatable bonds is 9. The predicted molar refractivity (Wildman–Crippen MR) is 82.8 cm³/mol. The molecule has 0 aliphatic carbocycles. The predicted octanol–water partition coefficient (Wildman–Crippen LogP) is 5.28. The molecule has 0 bridgehead atoms. The van der Waals surface area contributed by atoms with Gasteiger partial charge in [-0.25, -0.2) is 0 Å². The average molecular weight is 273 g/mol. The van der Waals surface area contributed by atoms with Crippen molar-refractivity contribution < 1.29 is 9.90 Å². The minimum Gasteiger partial charge on any atom is -0.481 e. The van der Waals surface area contributed by atoms with Gasteiger partial charge in [0.25, 0.3) is 0 Å². The van der Waals surface area contributed by atoms with Crippen molar-refractivity contribution in [3.63, 3.8) is 0 Å². The zero-order valence-corrected chi connectivity index (χ0v) is 13.9. The van der Waals surface area contributed by atoms with Gasteiger partial charge >= 0.3 is 5.97 Å².